The summed E-state index contributed by atoms with van der Waals surface area (Å²) in [5, 5.41) is 10.3. The summed E-state index contributed by atoms with van der Waals surface area (Å²) in [5.41, 5.74) is 1.08. The van der Waals surface area contributed by atoms with E-state index in [0.717, 1.165) is 25.1 Å². The molecular formula is C14H19Cl2NO. The lowest BCUT2D eigenvalue weighted by Gasteiger charge is -2.37. The maximum Gasteiger partial charge on any atom is 0.0637 e. The molecule has 0 aromatic heterocycles. The van der Waals surface area contributed by atoms with Crippen LogP contribution in [0.5, 0.6) is 0 Å². The van der Waals surface area contributed by atoms with Crippen LogP contribution in [0.3, 0.4) is 0 Å². The zero-order valence-corrected chi connectivity index (χ0v) is 11.9. The maximum atomic E-state index is 8.98. The third-order valence-electron chi connectivity index (χ3n) is 3.60. The lowest BCUT2D eigenvalue weighted by molar-refractivity contribution is 0.109. The topological polar surface area (TPSA) is 23.5 Å². The van der Waals surface area contributed by atoms with Gasteiger partial charge in [-0.15, -0.1) is 0 Å². The molecule has 1 aliphatic rings. The van der Waals surface area contributed by atoms with Crippen LogP contribution in [-0.4, -0.2) is 29.2 Å². The molecule has 0 bridgehead atoms. The van der Waals surface area contributed by atoms with E-state index in [-0.39, 0.29) is 6.61 Å². The van der Waals surface area contributed by atoms with Crippen LogP contribution in [-0.2, 0) is 6.54 Å². The molecule has 2 rings (SSSR count). The van der Waals surface area contributed by atoms with E-state index in [0.29, 0.717) is 16.1 Å². The minimum atomic E-state index is 0.243. The number of hydrogen-bond donors (Lipinski definition) is 1. The standard InChI is InChI=1S/C14H19Cl2NO/c15-13-7-1-4-11(14(13)16)10-17(8-3-9-18)12-5-2-6-12/h1,4,7,12,18H,2-3,5-6,8-10H2. The molecule has 0 spiro atoms. The molecule has 4 heteroatoms. The van der Waals surface area contributed by atoms with Gasteiger partial charge in [0.2, 0.25) is 0 Å². The van der Waals surface area contributed by atoms with Crippen LogP contribution in [0.15, 0.2) is 18.2 Å². The number of aliphatic hydroxyl groups is 1. The molecule has 18 heavy (non-hydrogen) atoms. The Morgan fingerprint density at radius 3 is 2.67 bits per heavy atom. The Bertz CT molecular complexity index is 393. The smallest absolute Gasteiger partial charge is 0.0637 e. The number of hydrogen-bond acceptors (Lipinski definition) is 2. The van der Waals surface area contributed by atoms with E-state index < -0.39 is 0 Å². The van der Waals surface area contributed by atoms with Gasteiger partial charge in [-0.2, -0.15) is 0 Å². The van der Waals surface area contributed by atoms with Gasteiger partial charge in [0.25, 0.3) is 0 Å². The van der Waals surface area contributed by atoms with Gasteiger partial charge in [0.1, 0.15) is 0 Å². The van der Waals surface area contributed by atoms with Crippen molar-refractivity contribution in [3.05, 3.63) is 33.8 Å². The lowest BCUT2D eigenvalue weighted by Crippen LogP contribution is -2.40. The van der Waals surface area contributed by atoms with E-state index in [1.807, 2.05) is 18.2 Å². The number of halogens is 2. The predicted molar refractivity (Wildman–Crippen MR) is 76.2 cm³/mol. The summed E-state index contributed by atoms with van der Waals surface area (Å²) in [6, 6.07) is 6.42. The molecule has 1 saturated carbocycles. The van der Waals surface area contributed by atoms with Gasteiger partial charge in [-0.3, -0.25) is 4.90 Å². The summed E-state index contributed by atoms with van der Waals surface area (Å²) in [4.78, 5) is 2.41. The Morgan fingerprint density at radius 1 is 1.28 bits per heavy atom. The molecule has 1 aromatic rings. The summed E-state index contributed by atoms with van der Waals surface area (Å²) in [6.07, 6.45) is 4.63. The average Bonchev–Trinajstić information content (AvgIpc) is 2.29. The molecule has 0 heterocycles. The molecule has 0 aliphatic heterocycles. The van der Waals surface area contributed by atoms with Gasteiger partial charge in [0.15, 0.2) is 0 Å². The van der Waals surface area contributed by atoms with Crippen molar-refractivity contribution in [1.82, 2.24) is 4.90 Å². The van der Waals surface area contributed by atoms with Crippen molar-refractivity contribution in [2.75, 3.05) is 13.2 Å². The van der Waals surface area contributed by atoms with E-state index >= 15 is 0 Å². The highest BCUT2D eigenvalue weighted by atomic mass is 35.5. The van der Waals surface area contributed by atoms with Crippen LogP contribution in [0.25, 0.3) is 0 Å². The minimum Gasteiger partial charge on any atom is -0.396 e. The Kier molecular flexibility index (Phi) is 5.31. The Hall–Kier alpha value is -0.280. The van der Waals surface area contributed by atoms with Crippen molar-refractivity contribution < 1.29 is 5.11 Å². The molecule has 0 unspecified atom stereocenters. The van der Waals surface area contributed by atoms with Gasteiger partial charge < -0.3 is 5.11 Å². The first-order valence-electron chi connectivity index (χ1n) is 6.50. The van der Waals surface area contributed by atoms with Crippen LogP contribution >= 0.6 is 23.2 Å². The van der Waals surface area contributed by atoms with Crippen molar-refractivity contribution in [2.45, 2.75) is 38.3 Å². The van der Waals surface area contributed by atoms with Crippen LogP contribution in [0.1, 0.15) is 31.2 Å². The van der Waals surface area contributed by atoms with Crippen LogP contribution in [0.4, 0.5) is 0 Å². The van der Waals surface area contributed by atoms with Gasteiger partial charge in [-0.25, -0.2) is 0 Å². The monoisotopic (exact) mass is 287 g/mol. The van der Waals surface area contributed by atoms with Gasteiger partial charge in [0, 0.05) is 25.7 Å². The molecule has 0 amide bonds. The fourth-order valence-corrected chi connectivity index (χ4v) is 2.69. The second kappa shape index (κ2) is 6.76. The molecule has 1 aliphatic carbocycles. The third-order valence-corrected chi connectivity index (χ3v) is 4.46. The van der Waals surface area contributed by atoms with Crippen molar-refractivity contribution in [3.63, 3.8) is 0 Å². The second-order valence-electron chi connectivity index (χ2n) is 4.85. The zero-order valence-electron chi connectivity index (χ0n) is 10.4. The number of nitrogens with zero attached hydrogens (tertiary/aromatic N) is 1. The molecule has 100 valence electrons. The van der Waals surface area contributed by atoms with Crippen molar-refractivity contribution >= 4 is 23.2 Å². The highest BCUT2D eigenvalue weighted by Crippen LogP contribution is 2.30. The summed E-state index contributed by atoms with van der Waals surface area (Å²) in [6.45, 7) is 1.99. The molecule has 1 N–H and O–H groups in total. The highest BCUT2D eigenvalue weighted by molar-refractivity contribution is 6.42. The molecule has 2 nitrogen and oxygen atoms in total. The molecule has 0 radical (unpaired) electrons. The van der Waals surface area contributed by atoms with E-state index in [1.165, 1.54) is 19.3 Å². The van der Waals surface area contributed by atoms with E-state index in [9.17, 15) is 0 Å². The fourth-order valence-electron chi connectivity index (χ4n) is 2.31. The first-order valence-corrected chi connectivity index (χ1v) is 7.25. The highest BCUT2D eigenvalue weighted by Gasteiger charge is 2.25. The quantitative estimate of drug-likeness (QED) is 0.862. The first-order chi connectivity index (χ1) is 8.72. The molecule has 1 fully saturated rings. The summed E-state index contributed by atoms with van der Waals surface area (Å²) in [5.74, 6) is 0. The fraction of sp³-hybridized carbons (Fsp3) is 0.571. The molecular weight excluding hydrogens is 269 g/mol. The van der Waals surface area contributed by atoms with Gasteiger partial charge in [-0.05, 0) is 30.9 Å². The van der Waals surface area contributed by atoms with E-state index in [4.69, 9.17) is 28.3 Å². The van der Waals surface area contributed by atoms with Crippen LogP contribution in [0, 0.1) is 0 Å². The Morgan fingerprint density at radius 2 is 2.06 bits per heavy atom. The predicted octanol–water partition coefficient (Wildman–Crippen LogP) is 3.73. The van der Waals surface area contributed by atoms with Crippen molar-refractivity contribution in [2.24, 2.45) is 0 Å². The van der Waals surface area contributed by atoms with Gasteiger partial charge in [0.05, 0.1) is 10.0 Å². The number of aliphatic hydroxyl groups excluding tert-OH is 1. The summed E-state index contributed by atoms with van der Waals surface area (Å²) < 4.78 is 0. The van der Waals surface area contributed by atoms with Crippen LogP contribution in [0.2, 0.25) is 10.0 Å². The zero-order chi connectivity index (χ0) is 13.0. The lowest BCUT2D eigenvalue weighted by atomic mass is 9.91. The van der Waals surface area contributed by atoms with Crippen molar-refractivity contribution in [1.29, 1.82) is 0 Å². The normalized spacial score (nSPS) is 16.0. The second-order valence-corrected chi connectivity index (χ2v) is 5.63. The number of rotatable bonds is 6. The minimum absolute atomic E-state index is 0.243. The largest absolute Gasteiger partial charge is 0.396 e. The third kappa shape index (κ3) is 3.39. The maximum absolute atomic E-state index is 8.98. The van der Waals surface area contributed by atoms with Crippen LogP contribution < -0.4 is 0 Å². The average molecular weight is 288 g/mol. The number of benzene rings is 1. The molecule has 0 atom stereocenters. The van der Waals surface area contributed by atoms with E-state index in [2.05, 4.69) is 4.90 Å². The summed E-state index contributed by atoms with van der Waals surface area (Å²) in [7, 11) is 0. The van der Waals surface area contributed by atoms with Gasteiger partial charge in [-0.1, -0.05) is 41.8 Å². The molecule has 0 saturated heterocycles. The van der Waals surface area contributed by atoms with Gasteiger partial charge >= 0.3 is 0 Å². The summed E-state index contributed by atoms with van der Waals surface area (Å²) >= 11 is 12.3. The van der Waals surface area contributed by atoms with E-state index in [1.54, 1.807) is 0 Å². The first kappa shape index (κ1) is 14.1. The Labute approximate surface area is 119 Å². The SMILES string of the molecule is OCCCN(Cc1cccc(Cl)c1Cl)C1CCC1. The molecule has 1 aromatic carbocycles. The Balaban J connectivity index is 2.04. The van der Waals surface area contributed by atoms with Crippen molar-refractivity contribution in [3.8, 4) is 0 Å².